The van der Waals surface area contributed by atoms with Gasteiger partial charge in [0.15, 0.2) is 23.3 Å². The molecule has 260 valence electrons. The maximum atomic E-state index is 15.4. The second-order valence-corrected chi connectivity index (χ2v) is 15.0. The van der Waals surface area contributed by atoms with Gasteiger partial charge in [-0.15, -0.1) is 0 Å². The molecule has 5 rings (SSSR count). The largest absolute Gasteiger partial charge is 0.467 e. The monoisotopic (exact) mass is 722 g/mol. The Bertz CT molecular complexity index is 2020. The van der Waals surface area contributed by atoms with E-state index in [4.69, 9.17) is 16.3 Å². The number of aromatic nitrogens is 2. The summed E-state index contributed by atoms with van der Waals surface area (Å²) < 4.78 is 108. The van der Waals surface area contributed by atoms with Crippen LogP contribution in [0, 0.1) is 29.1 Å². The molecule has 15 heteroatoms. The number of amides is 1. The average molecular weight is 723 g/mol. The molecule has 1 N–H and O–H groups in total. The van der Waals surface area contributed by atoms with Gasteiger partial charge < -0.3 is 10.1 Å². The van der Waals surface area contributed by atoms with Gasteiger partial charge in [-0.3, -0.25) is 9.10 Å². The van der Waals surface area contributed by atoms with Crippen LogP contribution >= 0.6 is 11.6 Å². The summed E-state index contributed by atoms with van der Waals surface area (Å²) in [5.41, 5.74) is 0.332. The summed E-state index contributed by atoms with van der Waals surface area (Å²) in [7, 11) is -4.25. The van der Waals surface area contributed by atoms with Gasteiger partial charge in [0.2, 0.25) is 16.8 Å². The first kappa shape index (κ1) is 36.0. The van der Waals surface area contributed by atoms with Crippen molar-refractivity contribution in [1.82, 2.24) is 9.97 Å². The highest BCUT2D eigenvalue weighted by atomic mass is 35.5. The lowest BCUT2D eigenvalue weighted by Gasteiger charge is -2.27. The molecule has 0 saturated heterocycles. The van der Waals surface area contributed by atoms with Gasteiger partial charge in [-0.2, -0.15) is 18.4 Å². The zero-order chi connectivity index (χ0) is 36.0. The summed E-state index contributed by atoms with van der Waals surface area (Å²) >= 11 is 5.95. The molecule has 0 aliphatic heterocycles. The SMILES string of the molecule is COc1nc(Cc2cc(C3CC3)cc(C(C)(C)C)c2)c(NC(C)=O)c(S(=O)(=O)N(Cc2ccc(Cl)cc2)c2c(F)c(F)c(F)c(F)c2F)n1. The molecule has 8 nitrogen and oxygen atoms in total. The molecule has 1 amide bonds. The molecule has 0 spiro atoms. The van der Waals surface area contributed by atoms with E-state index in [0.29, 0.717) is 11.5 Å². The van der Waals surface area contributed by atoms with Gasteiger partial charge in [-0.25, -0.2) is 22.0 Å². The van der Waals surface area contributed by atoms with E-state index >= 15 is 8.78 Å². The zero-order valence-corrected chi connectivity index (χ0v) is 28.7. The lowest BCUT2D eigenvalue weighted by Crippen LogP contribution is -2.35. The van der Waals surface area contributed by atoms with E-state index in [2.05, 4.69) is 21.4 Å². The van der Waals surface area contributed by atoms with Gasteiger partial charge in [0.1, 0.15) is 11.4 Å². The van der Waals surface area contributed by atoms with E-state index in [1.54, 1.807) is 0 Å². The van der Waals surface area contributed by atoms with Gasteiger partial charge >= 0.3 is 6.01 Å². The van der Waals surface area contributed by atoms with E-state index in [-0.39, 0.29) is 32.4 Å². The lowest BCUT2D eigenvalue weighted by molar-refractivity contribution is -0.114. The van der Waals surface area contributed by atoms with Crippen LogP contribution in [0.2, 0.25) is 5.02 Å². The minimum absolute atomic E-state index is 0.00516. The predicted octanol–water partition coefficient (Wildman–Crippen LogP) is 7.95. The van der Waals surface area contributed by atoms with Crippen molar-refractivity contribution in [2.45, 2.75) is 69.9 Å². The number of halogens is 6. The Morgan fingerprint density at radius 3 is 2.06 bits per heavy atom. The van der Waals surface area contributed by atoms with E-state index in [1.165, 1.54) is 24.3 Å². The zero-order valence-electron chi connectivity index (χ0n) is 27.1. The minimum Gasteiger partial charge on any atom is -0.467 e. The Hall–Kier alpha value is -4.30. The van der Waals surface area contributed by atoms with Crippen molar-refractivity contribution < 1.29 is 39.9 Å². The molecular formula is C34H32ClF5N4O4S. The van der Waals surface area contributed by atoms with Crippen LogP contribution in [0.3, 0.4) is 0 Å². The Morgan fingerprint density at radius 2 is 1.53 bits per heavy atom. The maximum Gasteiger partial charge on any atom is 0.317 e. The van der Waals surface area contributed by atoms with Crippen LogP contribution in [-0.4, -0.2) is 31.4 Å². The standard InChI is InChI=1S/C34H32ClF5N4O4S/c1-17(45)41-30-24(14-19-12-21(20-8-9-20)15-22(13-19)34(2,3)4)42-33(48-5)43-32(30)49(46,47)44(16-18-6-10-23(35)11-7-18)31-28(39)26(37)25(36)27(38)29(31)40/h6-7,10-13,15,20H,8-9,14,16H2,1-5H3,(H,41,45). The van der Waals surface area contributed by atoms with Crippen LogP contribution in [0.4, 0.5) is 33.3 Å². The third-order valence-corrected chi connectivity index (χ3v) is 9.85. The summed E-state index contributed by atoms with van der Waals surface area (Å²) in [5.74, 6) is -12.4. The number of carbonyl (C=O) groups is 1. The number of hydrogen-bond acceptors (Lipinski definition) is 6. The molecule has 3 aromatic carbocycles. The molecule has 0 bridgehead atoms. The first-order valence-electron chi connectivity index (χ1n) is 15.1. The first-order chi connectivity index (χ1) is 22.9. The maximum absolute atomic E-state index is 15.4. The van der Waals surface area contributed by atoms with Crippen molar-refractivity contribution in [3.8, 4) is 6.01 Å². The van der Waals surface area contributed by atoms with E-state index < -0.39 is 74.0 Å². The number of carbonyl (C=O) groups excluding carboxylic acids is 1. The van der Waals surface area contributed by atoms with E-state index in [1.807, 2.05) is 32.9 Å². The molecule has 0 atom stereocenters. The Morgan fingerprint density at radius 1 is 0.939 bits per heavy atom. The quantitative estimate of drug-likeness (QED) is 0.0772. The summed E-state index contributed by atoms with van der Waals surface area (Å²) in [6.45, 7) is 6.28. The van der Waals surface area contributed by atoms with Crippen molar-refractivity contribution in [2.75, 3.05) is 16.7 Å². The average Bonchev–Trinajstić information content (AvgIpc) is 3.89. The van der Waals surface area contributed by atoms with Crippen LogP contribution in [0.25, 0.3) is 0 Å². The predicted molar refractivity (Wildman–Crippen MR) is 174 cm³/mol. The molecule has 1 aromatic heterocycles. The third-order valence-electron chi connectivity index (χ3n) is 7.93. The van der Waals surface area contributed by atoms with Gasteiger partial charge in [0, 0.05) is 18.4 Å². The van der Waals surface area contributed by atoms with Crippen molar-refractivity contribution in [1.29, 1.82) is 0 Å². The molecule has 1 heterocycles. The van der Waals surface area contributed by atoms with Gasteiger partial charge in [0.25, 0.3) is 10.0 Å². The second-order valence-electron chi connectivity index (χ2n) is 12.7. The normalized spacial score (nSPS) is 13.4. The van der Waals surface area contributed by atoms with Crippen LogP contribution in [0.5, 0.6) is 6.01 Å². The smallest absolute Gasteiger partial charge is 0.317 e. The lowest BCUT2D eigenvalue weighted by atomic mass is 9.84. The fourth-order valence-electron chi connectivity index (χ4n) is 5.23. The fourth-order valence-corrected chi connectivity index (χ4v) is 6.90. The van der Waals surface area contributed by atoms with Crippen LogP contribution < -0.4 is 14.4 Å². The van der Waals surface area contributed by atoms with Crippen LogP contribution in [0.15, 0.2) is 47.5 Å². The number of ether oxygens (including phenoxy) is 1. The molecule has 1 fully saturated rings. The number of benzene rings is 3. The number of rotatable bonds is 10. The molecule has 1 aliphatic carbocycles. The first-order valence-corrected chi connectivity index (χ1v) is 16.9. The molecule has 0 unspecified atom stereocenters. The summed E-state index contributed by atoms with van der Waals surface area (Å²) in [5, 5.41) is 1.64. The van der Waals surface area contributed by atoms with E-state index in [0.717, 1.165) is 38.0 Å². The topological polar surface area (TPSA) is 101 Å². The van der Waals surface area contributed by atoms with Crippen LogP contribution in [0.1, 0.15) is 74.4 Å². The Labute approximate surface area is 285 Å². The molecule has 4 aromatic rings. The molecule has 1 saturated carbocycles. The highest BCUT2D eigenvalue weighted by Gasteiger charge is 2.39. The molecule has 0 radical (unpaired) electrons. The highest BCUT2D eigenvalue weighted by molar-refractivity contribution is 7.92. The third kappa shape index (κ3) is 7.49. The van der Waals surface area contributed by atoms with Crippen LogP contribution in [-0.2, 0) is 33.2 Å². The van der Waals surface area contributed by atoms with E-state index in [9.17, 15) is 26.4 Å². The minimum atomic E-state index is -5.40. The number of nitrogens with one attached hydrogen (secondary N) is 1. The molecule has 49 heavy (non-hydrogen) atoms. The van der Waals surface area contributed by atoms with Crippen molar-refractivity contribution in [2.24, 2.45) is 0 Å². The number of methoxy groups -OCH3 is 1. The number of sulfonamides is 1. The number of nitrogens with zero attached hydrogens (tertiary/aromatic N) is 3. The Balaban J connectivity index is 1.76. The second kappa shape index (κ2) is 13.5. The Kier molecular flexibility index (Phi) is 9.95. The van der Waals surface area contributed by atoms with Gasteiger partial charge in [-0.05, 0) is 58.6 Å². The van der Waals surface area contributed by atoms with Crippen molar-refractivity contribution >= 4 is 38.9 Å². The summed E-state index contributed by atoms with van der Waals surface area (Å²) in [6, 6.07) is 10.8. The molecule has 1 aliphatic rings. The summed E-state index contributed by atoms with van der Waals surface area (Å²) in [6.07, 6.45) is 1.96. The highest BCUT2D eigenvalue weighted by Crippen LogP contribution is 2.43. The summed E-state index contributed by atoms with van der Waals surface area (Å²) in [4.78, 5) is 20.8. The van der Waals surface area contributed by atoms with Crippen molar-refractivity contribution in [3.05, 3.63) is 105 Å². The number of hydrogen-bond donors (Lipinski definition) is 1. The van der Waals surface area contributed by atoms with Gasteiger partial charge in [-0.1, -0.05) is 62.7 Å². The molecular weight excluding hydrogens is 691 g/mol. The van der Waals surface area contributed by atoms with Crippen molar-refractivity contribution in [3.63, 3.8) is 0 Å². The fraction of sp³-hybridized carbons (Fsp3) is 0.324. The van der Waals surface area contributed by atoms with Gasteiger partial charge in [0.05, 0.1) is 19.3 Å². The number of anilines is 2.